The average Bonchev–Trinajstić information content (AvgIpc) is 3.50. The zero-order chi connectivity index (χ0) is 26.7. The second-order valence-corrected chi connectivity index (χ2v) is 8.86. The fourth-order valence-corrected chi connectivity index (χ4v) is 4.33. The van der Waals surface area contributed by atoms with Gasteiger partial charge in [-0.25, -0.2) is 4.79 Å². The van der Waals surface area contributed by atoms with Gasteiger partial charge in [-0.2, -0.15) is 5.10 Å². The molecular weight excluding hydrogens is 490 g/mol. The van der Waals surface area contributed by atoms with Gasteiger partial charge in [0.25, 0.3) is 0 Å². The van der Waals surface area contributed by atoms with E-state index in [0.29, 0.717) is 64.1 Å². The Morgan fingerprint density at radius 3 is 2.05 bits per heavy atom. The third-order valence-corrected chi connectivity index (χ3v) is 6.31. The van der Waals surface area contributed by atoms with Gasteiger partial charge in [0, 0.05) is 24.7 Å². The summed E-state index contributed by atoms with van der Waals surface area (Å²) in [6.07, 6.45) is -0.810. The highest BCUT2D eigenvalue weighted by molar-refractivity contribution is 5.79. The lowest BCUT2D eigenvalue weighted by atomic mass is 10.1. The maximum absolute atomic E-state index is 12.7. The van der Waals surface area contributed by atoms with Crippen molar-refractivity contribution in [1.29, 1.82) is 0 Å². The van der Waals surface area contributed by atoms with Gasteiger partial charge in [0.1, 0.15) is 0 Å². The summed E-state index contributed by atoms with van der Waals surface area (Å²) in [5.41, 5.74) is 5.36. The lowest BCUT2D eigenvalue weighted by molar-refractivity contribution is 0.00870. The van der Waals surface area contributed by atoms with Crippen molar-refractivity contribution in [3.63, 3.8) is 0 Å². The van der Waals surface area contributed by atoms with Crippen LogP contribution in [0, 0.1) is 0 Å². The monoisotopic (exact) mass is 525 g/mol. The molecule has 0 saturated carbocycles. The average molecular weight is 526 g/mol. The highest BCUT2D eigenvalue weighted by Crippen LogP contribution is 2.45. The molecule has 0 atom stereocenters. The number of carbonyl (C=O) groups excluding carboxylic acids is 1. The summed E-state index contributed by atoms with van der Waals surface area (Å²) in [4.78, 5) is 14.3. The zero-order valence-electron chi connectivity index (χ0n) is 21.6. The van der Waals surface area contributed by atoms with Crippen LogP contribution in [0.25, 0.3) is 11.1 Å². The first-order valence-electron chi connectivity index (χ1n) is 12.7. The molecule has 204 valence electrons. The molecule has 1 aromatic heterocycles. The smallest absolute Gasteiger partial charge is 0.410 e. The molecule has 0 spiro atoms. The van der Waals surface area contributed by atoms with Crippen LogP contribution < -0.4 is 0 Å². The van der Waals surface area contributed by atoms with Crippen molar-refractivity contribution in [1.82, 2.24) is 14.7 Å². The Hall–Kier alpha value is -3.28. The number of rotatable bonds is 15. The number of aromatic nitrogens is 2. The van der Waals surface area contributed by atoms with E-state index in [0.717, 1.165) is 22.3 Å². The standard InChI is InChI=1S/C28H35N3O7/c1-30(28(34)38-27-25-8-4-2-6-23(25)24-7-3-5-9-26(24)27)10-12-35-14-16-37-17-15-36-13-11-31-22(20-33)18-21(19-32)29-31/h2-9,18,27,32-33H,10-17,19-20H2,1H3. The molecule has 3 aromatic rings. The Kier molecular flexibility index (Phi) is 10.2. The van der Waals surface area contributed by atoms with Gasteiger partial charge in [0.15, 0.2) is 6.10 Å². The summed E-state index contributed by atoms with van der Waals surface area (Å²) >= 11 is 0. The molecule has 1 aliphatic rings. The first-order chi connectivity index (χ1) is 18.6. The number of aliphatic hydroxyl groups excluding tert-OH is 2. The van der Waals surface area contributed by atoms with Crippen LogP contribution in [0.1, 0.15) is 28.6 Å². The minimum Gasteiger partial charge on any atom is -0.436 e. The molecule has 2 N–H and O–H groups in total. The van der Waals surface area contributed by atoms with E-state index in [1.165, 1.54) is 4.90 Å². The summed E-state index contributed by atoms with van der Waals surface area (Å²) in [7, 11) is 1.70. The summed E-state index contributed by atoms with van der Waals surface area (Å²) in [5.74, 6) is 0. The predicted octanol–water partition coefficient (Wildman–Crippen LogP) is 2.76. The van der Waals surface area contributed by atoms with E-state index in [-0.39, 0.29) is 13.2 Å². The maximum Gasteiger partial charge on any atom is 0.410 e. The fourth-order valence-electron chi connectivity index (χ4n) is 4.33. The number of nitrogens with zero attached hydrogens (tertiary/aromatic N) is 3. The van der Waals surface area contributed by atoms with Gasteiger partial charge >= 0.3 is 6.09 Å². The number of ether oxygens (including phenoxy) is 4. The summed E-state index contributed by atoms with van der Waals surface area (Å²) in [5, 5.41) is 22.7. The third-order valence-electron chi connectivity index (χ3n) is 6.31. The SMILES string of the molecule is CN(CCOCCOCCOCCn1nc(CO)cc1CO)C(=O)OC1c2ccccc2-c2ccccc21. The van der Waals surface area contributed by atoms with E-state index in [1.54, 1.807) is 17.8 Å². The number of hydrogen-bond acceptors (Lipinski definition) is 8. The number of benzene rings is 2. The molecule has 0 radical (unpaired) electrons. The van der Waals surface area contributed by atoms with Crippen LogP contribution in [0.4, 0.5) is 4.79 Å². The summed E-state index contributed by atoms with van der Waals surface area (Å²) in [6, 6.07) is 17.7. The molecule has 0 unspecified atom stereocenters. The summed E-state index contributed by atoms with van der Waals surface area (Å²) in [6.45, 7) is 3.03. The van der Waals surface area contributed by atoms with Crippen LogP contribution in [0.3, 0.4) is 0 Å². The largest absolute Gasteiger partial charge is 0.436 e. The van der Waals surface area contributed by atoms with Gasteiger partial charge in [-0.15, -0.1) is 0 Å². The predicted molar refractivity (Wildman–Crippen MR) is 139 cm³/mol. The van der Waals surface area contributed by atoms with Crippen molar-refractivity contribution < 1.29 is 34.0 Å². The van der Waals surface area contributed by atoms with Crippen LogP contribution >= 0.6 is 0 Å². The lowest BCUT2D eigenvalue weighted by Crippen LogP contribution is -2.32. The Labute approximate surface area is 222 Å². The van der Waals surface area contributed by atoms with Crippen molar-refractivity contribution in [3.05, 3.63) is 77.1 Å². The normalized spacial score (nSPS) is 12.4. The number of aliphatic hydroxyl groups is 2. The van der Waals surface area contributed by atoms with E-state index < -0.39 is 12.2 Å². The lowest BCUT2D eigenvalue weighted by Gasteiger charge is -2.21. The molecule has 0 aliphatic heterocycles. The van der Waals surface area contributed by atoms with Gasteiger partial charge in [-0.3, -0.25) is 4.68 Å². The maximum atomic E-state index is 12.7. The van der Waals surface area contributed by atoms with Crippen LogP contribution in [0.15, 0.2) is 54.6 Å². The third kappa shape index (κ3) is 6.97. The Bertz CT molecular complexity index is 1140. The van der Waals surface area contributed by atoms with E-state index in [4.69, 9.17) is 24.1 Å². The molecule has 0 bridgehead atoms. The van der Waals surface area contributed by atoms with Crippen LogP contribution in [-0.2, 0) is 38.7 Å². The van der Waals surface area contributed by atoms with Crippen LogP contribution in [-0.4, -0.2) is 84.2 Å². The molecule has 10 nitrogen and oxygen atoms in total. The van der Waals surface area contributed by atoms with Crippen molar-refractivity contribution in [2.75, 3.05) is 53.2 Å². The van der Waals surface area contributed by atoms with Crippen molar-refractivity contribution >= 4 is 6.09 Å². The zero-order valence-corrected chi connectivity index (χ0v) is 21.6. The van der Waals surface area contributed by atoms with Gasteiger partial charge in [0.2, 0.25) is 0 Å². The van der Waals surface area contributed by atoms with E-state index >= 15 is 0 Å². The molecule has 0 fully saturated rings. The highest BCUT2D eigenvalue weighted by Gasteiger charge is 2.31. The molecule has 2 aromatic carbocycles. The molecule has 1 aliphatic carbocycles. The van der Waals surface area contributed by atoms with Gasteiger partial charge in [0.05, 0.1) is 70.8 Å². The van der Waals surface area contributed by atoms with Crippen molar-refractivity contribution in [2.45, 2.75) is 25.9 Å². The Morgan fingerprint density at radius 2 is 1.45 bits per heavy atom. The molecule has 10 heteroatoms. The Balaban J connectivity index is 1.06. The number of fused-ring (bicyclic) bond motifs is 3. The fraction of sp³-hybridized carbons (Fsp3) is 0.429. The van der Waals surface area contributed by atoms with Gasteiger partial charge in [-0.1, -0.05) is 48.5 Å². The van der Waals surface area contributed by atoms with Gasteiger partial charge < -0.3 is 34.1 Å². The first-order valence-corrected chi connectivity index (χ1v) is 12.7. The van der Waals surface area contributed by atoms with Gasteiger partial charge in [-0.05, 0) is 17.2 Å². The highest BCUT2D eigenvalue weighted by atomic mass is 16.6. The van der Waals surface area contributed by atoms with Crippen LogP contribution in [0.5, 0.6) is 0 Å². The Morgan fingerprint density at radius 1 is 0.868 bits per heavy atom. The number of likely N-dealkylation sites (N-methyl/N-ethyl adjacent to an activating group) is 1. The quantitative estimate of drug-likeness (QED) is 0.291. The topological polar surface area (TPSA) is 116 Å². The number of carbonyl (C=O) groups is 1. The molecular formula is C28H35N3O7. The minimum absolute atomic E-state index is 0.142. The van der Waals surface area contributed by atoms with Crippen LogP contribution in [0.2, 0.25) is 0 Å². The molecule has 0 saturated heterocycles. The van der Waals surface area contributed by atoms with E-state index in [1.807, 2.05) is 36.4 Å². The second kappa shape index (κ2) is 14.0. The molecule has 38 heavy (non-hydrogen) atoms. The van der Waals surface area contributed by atoms with E-state index in [2.05, 4.69) is 17.2 Å². The second-order valence-electron chi connectivity index (χ2n) is 8.86. The molecule has 1 heterocycles. The molecule has 4 rings (SSSR count). The number of hydrogen-bond donors (Lipinski definition) is 2. The summed E-state index contributed by atoms with van der Waals surface area (Å²) < 4.78 is 24.1. The first kappa shape index (κ1) is 27.7. The minimum atomic E-state index is -0.414. The number of amides is 1. The van der Waals surface area contributed by atoms with Crippen molar-refractivity contribution in [2.24, 2.45) is 0 Å². The molecule has 1 amide bonds. The van der Waals surface area contributed by atoms with E-state index in [9.17, 15) is 9.90 Å². The van der Waals surface area contributed by atoms with Crippen molar-refractivity contribution in [3.8, 4) is 11.1 Å².